The average Bonchev–Trinajstić information content (AvgIpc) is 3.08. The maximum absolute atomic E-state index is 12.9. The van der Waals surface area contributed by atoms with Crippen molar-refractivity contribution in [1.29, 1.82) is 0 Å². The molecule has 0 N–H and O–H groups in total. The van der Waals surface area contributed by atoms with Crippen LogP contribution in [0.4, 0.5) is 4.39 Å². The Kier molecular flexibility index (Phi) is 5.18. The Balaban J connectivity index is 1.48. The fourth-order valence-electron chi connectivity index (χ4n) is 3.10. The van der Waals surface area contributed by atoms with Crippen LogP contribution in [-0.2, 0) is 9.47 Å². The molecule has 2 atom stereocenters. The first-order chi connectivity index (χ1) is 10.7. The molecule has 0 unspecified atom stereocenters. The molecule has 0 amide bonds. The molecule has 0 bridgehead atoms. The summed E-state index contributed by atoms with van der Waals surface area (Å²) in [4.78, 5) is 14.4. The third-order valence-electron chi connectivity index (χ3n) is 4.38. The van der Waals surface area contributed by atoms with Gasteiger partial charge in [-0.1, -0.05) is 0 Å². The zero-order valence-electron chi connectivity index (χ0n) is 12.7. The first-order valence-corrected chi connectivity index (χ1v) is 7.97. The van der Waals surface area contributed by atoms with Crippen molar-refractivity contribution in [2.75, 3.05) is 32.8 Å². The van der Waals surface area contributed by atoms with Gasteiger partial charge in [-0.15, -0.1) is 0 Å². The summed E-state index contributed by atoms with van der Waals surface area (Å²) in [6.07, 6.45) is 2.94. The number of ketones is 1. The molecule has 1 aromatic rings. The minimum Gasteiger partial charge on any atom is -0.375 e. The Labute approximate surface area is 130 Å². The van der Waals surface area contributed by atoms with Crippen molar-refractivity contribution in [2.24, 2.45) is 0 Å². The molecule has 2 aliphatic heterocycles. The number of benzene rings is 1. The molecule has 0 spiro atoms. The van der Waals surface area contributed by atoms with Crippen LogP contribution in [0.3, 0.4) is 0 Å². The predicted molar refractivity (Wildman–Crippen MR) is 80.5 cm³/mol. The van der Waals surface area contributed by atoms with E-state index in [2.05, 4.69) is 4.90 Å². The summed E-state index contributed by atoms with van der Waals surface area (Å²) in [5.41, 5.74) is 0.574. The van der Waals surface area contributed by atoms with E-state index < -0.39 is 0 Å². The van der Waals surface area contributed by atoms with Crippen LogP contribution in [0.15, 0.2) is 24.3 Å². The Bertz CT molecular complexity index is 499. The lowest BCUT2D eigenvalue weighted by molar-refractivity contribution is -0.0939. The van der Waals surface area contributed by atoms with E-state index in [1.165, 1.54) is 12.1 Å². The molecular formula is C17H22FNO3. The number of Topliss-reactive ketones (excluding diaryl/α,β-unsaturated/α-hetero) is 1. The maximum atomic E-state index is 12.9. The van der Waals surface area contributed by atoms with Crippen molar-refractivity contribution < 1.29 is 18.7 Å². The summed E-state index contributed by atoms with van der Waals surface area (Å²) in [5.74, 6) is -0.260. The van der Waals surface area contributed by atoms with Crippen LogP contribution in [-0.4, -0.2) is 55.7 Å². The van der Waals surface area contributed by atoms with Gasteiger partial charge in [-0.3, -0.25) is 9.69 Å². The van der Waals surface area contributed by atoms with E-state index in [0.29, 0.717) is 25.1 Å². The smallest absolute Gasteiger partial charge is 0.164 e. The molecule has 4 nitrogen and oxygen atoms in total. The molecule has 0 aliphatic carbocycles. The molecule has 2 heterocycles. The van der Waals surface area contributed by atoms with E-state index in [4.69, 9.17) is 9.47 Å². The van der Waals surface area contributed by atoms with Crippen molar-refractivity contribution in [3.63, 3.8) is 0 Å². The van der Waals surface area contributed by atoms with E-state index >= 15 is 0 Å². The molecule has 22 heavy (non-hydrogen) atoms. The normalized spacial score (nSPS) is 26.2. The second-order valence-corrected chi connectivity index (χ2v) is 5.94. The highest BCUT2D eigenvalue weighted by molar-refractivity contribution is 5.96. The molecule has 0 saturated carbocycles. The average molecular weight is 307 g/mol. The molecule has 2 fully saturated rings. The molecule has 1 aromatic carbocycles. The highest BCUT2D eigenvalue weighted by atomic mass is 19.1. The highest BCUT2D eigenvalue weighted by Gasteiger charge is 2.31. The molecular weight excluding hydrogens is 285 g/mol. The summed E-state index contributed by atoms with van der Waals surface area (Å²) >= 11 is 0. The van der Waals surface area contributed by atoms with Crippen molar-refractivity contribution in [1.82, 2.24) is 4.90 Å². The molecule has 2 saturated heterocycles. The van der Waals surface area contributed by atoms with Crippen molar-refractivity contribution in [2.45, 2.75) is 31.5 Å². The molecule has 3 rings (SSSR count). The SMILES string of the molecule is O=C(CCN1CCO[C@H]([C@@H]2CCCO2)C1)c1ccc(F)cc1. The summed E-state index contributed by atoms with van der Waals surface area (Å²) in [5, 5.41) is 0. The quantitative estimate of drug-likeness (QED) is 0.782. The number of nitrogens with zero attached hydrogens (tertiary/aromatic N) is 1. The standard InChI is InChI=1S/C17H22FNO3/c18-14-5-3-13(4-6-14)15(20)7-8-19-9-11-22-17(12-19)16-2-1-10-21-16/h3-6,16-17H,1-2,7-12H2/t16-,17-/m0/s1. The molecule has 0 aromatic heterocycles. The minimum atomic E-state index is -0.316. The number of halogens is 1. The van der Waals surface area contributed by atoms with Gasteiger partial charge in [0.05, 0.1) is 18.8 Å². The first kappa shape index (κ1) is 15.6. The molecule has 120 valence electrons. The van der Waals surface area contributed by atoms with Gasteiger partial charge in [0.2, 0.25) is 0 Å². The monoisotopic (exact) mass is 307 g/mol. The van der Waals surface area contributed by atoms with Gasteiger partial charge in [0.15, 0.2) is 5.78 Å². The summed E-state index contributed by atoms with van der Waals surface area (Å²) in [6.45, 7) is 3.90. The van der Waals surface area contributed by atoms with Crippen molar-refractivity contribution in [3.05, 3.63) is 35.6 Å². The van der Waals surface area contributed by atoms with E-state index in [9.17, 15) is 9.18 Å². The summed E-state index contributed by atoms with van der Waals surface area (Å²) in [6, 6.07) is 5.75. The minimum absolute atomic E-state index is 0.0557. The Morgan fingerprint density at radius 1 is 1.18 bits per heavy atom. The number of rotatable bonds is 5. The van der Waals surface area contributed by atoms with E-state index in [0.717, 1.165) is 32.5 Å². The lowest BCUT2D eigenvalue weighted by Crippen LogP contribution is -2.48. The zero-order chi connectivity index (χ0) is 15.4. The molecule has 2 aliphatic rings. The largest absolute Gasteiger partial charge is 0.375 e. The van der Waals surface area contributed by atoms with Crippen molar-refractivity contribution in [3.8, 4) is 0 Å². The maximum Gasteiger partial charge on any atom is 0.164 e. The van der Waals surface area contributed by atoms with Crippen LogP contribution < -0.4 is 0 Å². The van der Waals surface area contributed by atoms with Gasteiger partial charge >= 0.3 is 0 Å². The lowest BCUT2D eigenvalue weighted by atomic mass is 10.1. The Morgan fingerprint density at radius 3 is 2.68 bits per heavy atom. The number of hydrogen-bond donors (Lipinski definition) is 0. The van der Waals surface area contributed by atoms with Gasteiger partial charge in [0.1, 0.15) is 5.82 Å². The van der Waals surface area contributed by atoms with Gasteiger partial charge in [0, 0.05) is 38.2 Å². The number of ether oxygens (including phenoxy) is 2. The van der Waals surface area contributed by atoms with Crippen LogP contribution in [0.1, 0.15) is 29.6 Å². The second kappa shape index (κ2) is 7.31. The van der Waals surface area contributed by atoms with Gasteiger partial charge in [-0.05, 0) is 37.1 Å². The predicted octanol–water partition coefficient (Wildman–Crippen LogP) is 2.28. The van der Waals surface area contributed by atoms with Crippen LogP contribution in [0.25, 0.3) is 0 Å². The highest BCUT2D eigenvalue weighted by Crippen LogP contribution is 2.21. The number of carbonyl (C=O) groups is 1. The zero-order valence-corrected chi connectivity index (χ0v) is 12.7. The Hall–Kier alpha value is -1.30. The van der Waals surface area contributed by atoms with Crippen LogP contribution in [0.5, 0.6) is 0 Å². The van der Waals surface area contributed by atoms with Gasteiger partial charge < -0.3 is 9.47 Å². The van der Waals surface area contributed by atoms with Gasteiger partial charge in [-0.25, -0.2) is 4.39 Å². The second-order valence-electron chi connectivity index (χ2n) is 5.94. The van der Waals surface area contributed by atoms with Crippen molar-refractivity contribution >= 4 is 5.78 Å². The van der Waals surface area contributed by atoms with Crippen LogP contribution >= 0.6 is 0 Å². The van der Waals surface area contributed by atoms with Gasteiger partial charge in [-0.2, -0.15) is 0 Å². The lowest BCUT2D eigenvalue weighted by Gasteiger charge is -2.35. The van der Waals surface area contributed by atoms with Crippen LogP contribution in [0.2, 0.25) is 0 Å². The van der Waals surface area contributed by atoms with Gasteiger partial charge in [0.25, 0.3) is 0 Å². The van der Waals surface area contributed by atoms with Crippen LogP contribution in [0, 0.1) is 5.82 Å². The Morgan fingerprint density at radius 2 is 1.95 bits per heavy atom. The summed E-state index contributed by atoms with van der Waals surface area (Å²) < 4.78 is 24.4. The fourth-order valence-corrected chi connectivity index (χ4v) is 3.10. The van der Waals surface area contributed by atoms with E-state index in [1.807, 2.05) is 0 Å². The summed E-state index contributed by atoms with van der Waals surface area (Å²) in [7, 11) is 0. The van der Waals surface area contributed by atoms with E-state index in [-0.39, 0.29) is 23.8 Å². The molecule has 5 heteroatoms. The number of carbonyl (C=O) groups excluding carboxylic acids is 1. The number of morpholine rings is 1. The fraction of sp³-hybridized carbons (Fsp3) is 0.588. The molecule has 0 radical (unpaired) electrons. The third kappa shape index (κ3) is 3.91. The first-order valence-electron chi connectivity index (χ1n) is 7.97. The number of hydrogen-bond acceptors (Lipinski definition) is 4. The topological polar surface area (TPSA) is 38.8 Å². The third-order valence-corrected chi connectivity index (χ3v) is 4.38. The van der Waals surface area contributed by atoms with E-state index in [1.54, 1.807) is 12.1 Å².